The molecule has 0 amide bonds. The average molecular weight is 220 g/mol. The molecule has 0 saturated heterocycles. The molecule has 0 unspecified atom stereocenters. The predicted octanol–water partition coefficient (Wildman–Crippen LogP) is 3.02. The summed E-state index contributed by atoms with van der Waals surface area (Å²) in [5.41, 5.74) is 0.0992. The number of hydrogen-bond donors (Lipinski definition) is 0. The normalized spacial score (nSPS) is 10.7. The van der Waals surface area contributed by atoms with Crippen molar-refractivity contribution in [2.45, 2.75) is 20.3 Å². The zero-order valence-corrected chi connectivity index (χ0v) is 8.40. The minimum atomic E-state index is -2.74. The second kappa shape index (κ2) is 4.00. The summed E-state index contributed by atoms with van der Waals surface area (Å²) in [6.45, 7) is 3.05. The molecule has 2 nitrogen and oxygen atoms in total. The summed E-state index contributed by atoms with van der Waals surface area (Å²) in [5.74, 6) is 0. The molecule has 0 aliphatic heterocycles. The molecule has 0 aliphatic rings. The number of aryl methyl sites for hydroxylation is 2. The third-order valence-electron chi connectivity index (χ3n) is 1.81. The molecule has 0 spiro atoms. The van der Waals surface area contributed by atoms with E-state index in [1.54, 1.807) is 6.92 Å². The molecule has 0 aliphatic carbocycles. The minimum absolute atomic E-state index is 0.143. The SMILES string of the molecule is Cc1cc(C(=O)Cl)c(C(F)F)c(C)n1. The number of hydrogen-bond acceptors (Lipinski definition) is 2. The molecule has 0 atom stereocenters. The molecule has 0 fully saturated rings. The highest BCUT2D eigenvalue weighted by Gasteiger charge is 2.20. The zero-order chi connectivity index (χ0) is 10.9. The standard InChI is InChI=1S/C9H8ClF2NO/c1-4-3-6(8(10)14)7(9(11)12)5(2)13-4/h3,9H,1-2H3. The van der Waals surface area contributed by atoms with Crippen LogP contribution in [0.3, 0.4) is 0 Å². The highest BCUT2D eigenvalue weighted by atomic mass is 35.5. The van der Waals surface area contributed by atoms with Crippen LogP contribution in [0.15, 0.2) is 6.07 Å². The molecule has 14 heavy (non-hydrogen) atoms. The fourth-order valence-corrected chi connectivity index (χ4v) is 1.43. The van der Waals surface area contributed by atoms with Gasteiger partial charge in [0, 0.05) is 17.0 Å². The average Bonchev–Trinajstić information content (AvgIpc) is 2.01. The van der Waals surface area contributed by atoms with Crippen molar-refractivity contribution in [1.29, 1.82) is 0 Å². The topological polar surface area (TPSA) is 30.0 Å². The Hall–Kier alpha value is -1.03. The fraction of sp³-hybridized carbons (Fsp3) is 0.333. The van der Waals surface area contributed by atoms with Gasteiger partial charge in [-0.15, -0.1) is 0 Å². The monoisotopic (exact) mass is 219 g/mol. The van der Waals surface area contributed by atoms with Crippen LogP contribution in [-0.4, -0.2) is 10.2 Å². The number of pyridine rings is 1. The first kappa shape index (κ1) is 11.0. The minimum Gasteiger partial charge on any atom is -0.276 e. The maximum atomic E-state index is 12.5. The lowest BCUT2D eigenvalue weighted by atomic mass is 10.1. The number of alkyl halides is 2. The summed E-state index contributed by atoms with van der Waals surface area (Å²) in [4.78, 5) is 14.7. The van der Waals surface area contributed by atoms with Gasteiger partial charge < -0.3 is 0 Å². The van der Waals surface area contributed by atoms with E-state index in [4.69, 9.17) is 11.6 Å². The van der Waals surface area contributed by atoms with E-state index in [0.717, 1.165) is 0 Å². The van der Waals surface area contributed by atoms with Crippen molar-refractivity contribution in [2.24, 2.45) is 0 Å². The van der Waals surface area contributed by atoms with Crippen molar-refractivity contribution >= 4 is 16.8 Å². The summed E-state index contributed by atoms with van der Waals surface area (Å²) in [5, 5.41) is -0.881. The quantitative estimate of drug-likeness (QED) is 0.716. The van der Waals surface area contributed by atoms with Gasteiger partial charge >= 0.3 is 0 Å². The summed E-state index contributed by atoms with van der Waals surface area (Å²) in [6.07, 6.45) is -2.74. The molecule has 1 rings (SSSR count). The highest BCUT2D eigenvalue weighted by molar-refractivity contribution is 6.67. The van der Waals surface area contributed by atoms with Gasteiger partial charge in [-0.2, -0.15) is 0 Å². The Morgan fingerprint density at radius 1 is 1.50 bits per heavy atom. The number of aromatic nitrogens is 1. The third kappa shape index (κ3) is 2.07. The van der Waals surface area contributed by atoms with Crippen molar-refractivity contribution in [1.82, 2.24) is 4.98 Å². The predicted molar refractivity (Wildman–Crippen MR) is 48.9 cm³/mol. The maximum absolute atomic E-state index is 12.5. The van der Waals surface area contributed by atoms with Gasteiger partial charge in [-0.1, -0.05) is 0 Å². The van der Waals surface area contributed by atoms with E-state index in [9.17, 15) is 13.6 Å². The van der Waals surface area contributed by atoms with Crippen molar-refractivity contribution in [3.05, 3.63) is 28.6 Å². The number of halogens is 3. The molecule has 0 aromatic carbocycles. The van der Waals surface area contributed by atoms with Crippen molar-refractivity contribution < 1.29 is 13.6 Å². The van der Waals surface area contributed by atoms with E-state index in [1.807, 2.05) is 0 Å². The van der Waals surface area contributed by atoms with Crippen LogP contribution < -0.4 is 0 Å². The molecule has 0 N–H and O–H groups in total. The van der Waals surface area contributed by atoms with Crippen LogP contribution in [0.4, 0.5) is 8.78 Å². The van der Waals surface area contributed by atoms with Gasteiger partial charge in [-0.25, -0.2) is 8.78 Å². The van der Waals surface area contributed by atoms with E-state index in [0.29, 0.717) is 5.69 Å². The molecule has 0 saturated carbocycles. The molecule has 1 aromatic heterocycles. The van der Waals surface area contributed by atoms with Crippen LogP contribution in [0.2, 0.25) is 0 Å². The summed E-state index contributed by atoms with van der Waals surface area (Å²) < 4.78 is 25.1. The van der Waals surface area contributed by atoms with Crippen LogP contribution in [0.1, 0.15) is 33.7 Å². The Balaban J connectivity index is 3.44. The molecular formula is C9H8ClF2NO. The summed E-state index contributed by atoms with van der Waals surface area (Å²) in [6, 6.07) is 1.27. The molecule has 1 aromatic rings. The second-order valence-corrected chi connectivity index (χ2v) is 3.23. The summed E-state index contributed by atoms with van der Waals surface area (Å²) in [7, 11) is 0. The van der Waals surface area contributed by atoms with Crippen molar-refractivity contribution in [3.8, 4) is 0 Å². The van der Waals surface area contributed by atoms with E-state index in [2.05, 4.69) is 4.98 Å². The lowest BCUT2D eigenvalue weighted by Crippen LogP contribution is -2.04. The number of carbonyl (C=O) groups excluding carboxylic acids is 1. The van der Waals surface area contributed by atoms with E-state index in [1.165, 1.54) is 13.0 Å². The largest absolute Gasteiger partial charge is 0.276 e. The lowest BCUT2D eigenvalue weighted by molar-refractivity contribution is 0.106. The Labute approximate surface area is 84.9 Å². The first-order chi connectivity index (χ1) is 6.43. The van der Waals surface area contributed by atoms with Crippen molar-refractivity contribution in [3.63, 3.8) is 0 Å². The van der Waals surface area contributed by atoms with Crippen LogP contribution in [-0.2, 0) is 0 Å². The van der Waals surface area contributed by atoms with Gasteiger partial charge in [0.15, 0.2) is 0 Å². The molecule has 0 bridgehead atoms. The molecule has 76 valence electrons. The maximum Gasteiger partial charge on any atom is 0.266 e. The van der Waals surface area contributed by atoms with Gasteiger partial charge in [0.05, 0.1) is 5.56 Å². The third-order valence-corrected chi connectivity index (χ3v) is 2.01. The van der Waals surface area contributed by atoms with Gasteiger partial charge in [-0.05, 0) is 31.5 Å². The van der Waals surface area contributed by atoms with Gasteiger partial charge in [0.25, 0.3) is 11.7 Å². The number of nitrogens with zero attached hydrogens (tertiary/aromatic N) is 1. The van der Waals surface area contributed by atoms with Gasteiger partial charge in [-0.3, -0.25) is 9.78 Å². The smallest absolute Gasteiger partial charge is 0.266 e. The Morgan fingerprint density at radius 2 is 2.07 bits per heavy atom. The summed E-state index contributed by atoms with van der Waals surface area (Å²) >= 11 is 5.20. The highest BCUT2D eigenvalue weighted by Crippen LogP contribution is 2.27. The van der Waals surface area contributed by atoms with E-state index < -0.39 is 11.7 Å². The molecule has 0 radical (unpaired) electrons. The second-order valence-electron chi connectivity index (χ2n) is 2.88. The van der Waals surface area contributed by atoms with Crippen LogP contribution in [0, 0.1) is 13.8 Å². The van der Waals surface area contributed by atoms with Crippen molar-refractivity contribution in [2.75, 3.05) is 0 Å². The molecule has 5 heteroatoms. The Kier molecular flexibility index (Phi) is 3.16. The molecular weight excluding hydrogens is 212 g/mol. The van der Waals surface area contributed by atoms with Gasteiger partial charge in [0.1, 0.15) is 0 Å². The lowest BCUT2D eigenvalue weighted by Gasteiger charge is -2.08. The Morgan fingerprint density at radius 3 is 2.50 bits per heavy atom. The first-order valence-electron chi connectivity index (χ1n) is 3.89. The fourth-order valence-electron chi connectivity index (χ4n) is 1.28. The van der Waals surface area contributed by atoms with Crippen LogP contribution in [0.25, 0.3) is 0 Å². The first-order valence-corrected chi connectivity index (χ1v) is 4.27. The van der Waals surface area contributed by atoms with Gasteiger partial charge in [0.2, 0.25) is 0 Å². The van der Waals surface area contributed by atoms with E-state index in [-0.39, 0.29) is 16.8 Å². The van der Waals surface area contributed by atoms with E-state index >= 15 is 0 Å². The zero-order valence-electron chi connectivity index (χ0n) is 7.64. The molecule has 1 heterocycles. The van der Waals surface area contributed by atoms with Crippen LogP contribution in [0.5, 0.6) is 0 Å². The van der Waals surface area contributed by atoms with Crippen LogP contribution >= 0.6 is 11.6 Å². The Bertz CT molecular complexity index is 379. The number of rotatable bonds is 2. The number of carbonyl (C=O) groups is 1.